The van der Waals surface area contributed by atoms with Crippen LogP contribution in [0.2, 0.25) is 0 Å². The van der Waals surface area contributed by atoms with Gasteiger partial charge in [0.25, 0.3) is 17.7 Å². The van der Waals surface area contributed by atoms with Crippen molar-refractivity contribution in [2.75, 3.05) is 13.1 Å². The fourth-order valence-electron chi connectivity index (χ4n) is 3.05. The molecular weight excluding hydrogens is 478 g/mol. The summed E-state index contributed by atoms with van der Waals surface area (Å²) in [6.45, 7) is 1.71. The van der Waals surface area contributed by atoms with E-state index >= 15 is 0 Å². The number of nitrogens with one attached hydrogen (secondary N) is 3. The highest BCUT2D eigenvalue weighted by Gasteiger charge is 2.24. The third kappa shape index (κ3) is 6.65. The van der Waals surface area contributed by atoms with Crippen molar-refractivity contribution in [1.29, 1.82) is 0 Å². The minimum atomic E-state index is -1.34. The molecule has 34 heavy (non-hydrogen) atoms. The van der Waals surface area contributed by atoms with Crippen LogP contribution in [0.1, 0.15) is 40.1 Å². The summed E-state index contributed by atoms with van der Waals surface area (Å²) in [4.78, 5) is 49.8. The first-order valence-electron chi connectivity index (χ1n) is 10.3. The normalized spacial score (nSPS) is 11.4. The first kappa shape index (κ1) is 24.9. The number of phenolic OH excluding ortho intramolecular Hbond substituents is 1. The maximum atomic E-state index is 12.7. The molecule has 0 bridgehead atoms. The van der Waals surface area contributed by atoms with Crippen LogP contribution in [-0.4, -0.2) is 53.0 Å². The van der Waals surface area contributed by atoms with Gasteiger partial charge in [0.15, 0.2) is 0 Å². The number of rotatable bonds is 10. The Kier molecular flexibility index (Phi) is 8.39. The van der Waals surface area contributed by atoms with Gasteiger partial charge in [-0.3, -0.25) is 14.4 Å². The van der Waals surface area contributed by atoms with E-state index in [-0.39, 0.29) is 23.1 Å². The summed E-state index contributed by atoms with van der Waals surface area (Å²) in [6.07, 6.45) is 0.523. The molecule has 11 heteroatoms. The number of hydrogen-bond donors (Lipinski definition) is 5. The smallest absolute Gasteiger partial charge is 0.328 e. The van der Waals surface area contributed by atoms with Gasteiger partial charge in [0.05, 0.1) is 14.6 Å². The van der Waals surface area contributed by atoms with Gasteiger partial charge in [-0.1, -0.05) is 18.2 Å². The molecule has 0 radical (unpaired) electrons. The Morgan fingerprint density at radius 1 is 0.971 bits per heavy atom. The van der Waals surface area contributed by atoms with Crippen LogP contribution in [0.3, 0.4) is 0 Å². The van der Waals surface area contributed by atoms with Crippen molar-refractivity contribution >= 4 is 46.4 Å². The van der Waals surface area contributed by atoms with Crippen molar-refractivity contribution in [2.45, 2.75) is 19.4 Å². The highest BCUT2D eigenvalue weighted by atomic mass is 32.1. The van der Waals surface area contributed by atoms with Gasteiger partial charge in [-0.05, 0) is 54.1 Å². The van der Waals surface area contributed by atoms with Crippen LogP contribution >= 0.6 is 22.7 Å². The van der Waals surface area contributed by atoms with E-state index in [0.29, 0.717) is 28.3 Å². The standard InChI is InChI=1S/C23H23N3O6S2/c1-13-10-18(21(29)24-8-7-14-4-2-5-15(27)11-14)34-19(13)22(30)26-16(23(31)32)12-25-20(28)17-6-3-9-33-17/h2-6,9-11,16,27H,7-8,12H2,1H3,(H,24,29)(H,25,28)(H,26,30)(H,31,32). The molecule has 1 atom stereocenters. The number of carboxylic acid groups (broad SMARTS) is 1. The van der Waals surface area contributed by atoms with Gasteiger partial charge in [0, 0.05) is 13.1 Å². The Labute approximate surface area is 203 Å². The first-order valence-corrected chi connectivity index (χ1v) is 12.0. The Bertz CT molecular complexity index is 1190. The quantitative estimate of drug-likeness (QED) is 0.289. The lowest BCUT2D eigenvalue weighted by atomic mass is 10.1. The molecule has 3 aromatic rings. The Hall–Kier alpha value is -3.70. The third-order valence-corrected chi connectivity index (χ3v) is 6.88. The lowest BCUT2D eigenvalue weighted by molar-refractivity contribution is -0.139. The Balaban J connectivity index is 1.56. The van der Waals surface area contributed by atoms with Gasteiger partial charge in [-0.15, -0.1) is 22.7 Å². The van der Waals surface area contributed by atoms with E-state index in [2.05, 4.69) is 16.0 Å². The molecule has 0 aliphatic carbocycles. The second-order valence-corrected chi connectivity index (χ2v) is 9.35. The number of amides is 3. The van der Waals surface area contributed by atoms with Crippen molar-refractivity contribution < 1.29 is 29.4 Å². The van der Waals surface area contributed by atoms with Crippen LogP contribution in [-0.2, 0) is 11.2 Å². The minimum absolute atomic E-state index is 0.152. The Morgan fingerprint density at radius 2 is 1.74 bits per heavy atom. The van der Waals surface area contributed by atoms with Gasteiger partial charge < -0.3 is 26.2 Å². The lowest BCUT2D eigenvalue weighted by Crippen LogP contribution is -2.48. The second kappa shape index (κ2) is 11.4. The molecule has 0 saturated carbocycles. The summed E-state index contributed by atoms with van der Waals surface area (Å²) >= 11 is 2.18. The number of hydrogen-bond acceptors (Lipinski definition) is 7. The SMILES string of the molecule is Cc1cc(C(=O)NCCc2cccc(O)c2)sc1C(=O)NC(CNC(=O)c1cccs1)C(=O)O. The fourth-order valence-corrected chi connectivity index (χ4v) is 4.68. The number of carboxylic acids is 1. The fraction of sp³-hybridized carbons (Fsp3) is 0.217. The summed E-state index contributed by atoms with van der Waals surface area (Å²) in [5, 5.41) is 28.3. The van der Waals surface area contributed by atoms with Crippen molar-refractivity contribution in [3.63, 3.8) is 0 Å². The third-order valence-electron chi connectivity index (χ3n) is 4.77. The lowest BCUT2D eigenvalue weighted by Gasteiger charge is -2.15. The van der Waals surface area contributed by atoms with E-state index in [9.17, 15) is 29.4 Å². The molecule has 2 aromatic heterocycles. The van der Waals surface area contributed by atoms with E-state index in [0.717, 1.165) is 16.9 Å². The number of carbonyl (C=O) groups excluding carboxylic acids is 3. The van der Waals surface area contributed by atoms with Crippen LogP contribution in [0.25, 0.3) is 0 Å². The van der Waals surface area contributed by atoms with Gasteiger partial charge in [0.2, 0.25) is 0 Å². The predicted octanol–water partition coefficient (Wildman–Crippen LogP) is 2.41. The molecule has 1 unspecified atom stereocenters. The molecule has 1 aromatic carbocycles. The number of aliphatic carboxylic acids is 1. The topological polar surface area (TPSA) is 145 Å². The second-order valence-electron chi connectivity index (χ2n) is 7.35. The first-order chi connectivity index (χ1) is 16.2. The summed E-state index contributed by atoms with van der Waals surface area (Å²) in [5.74, 6) is -2.56. The van der Waals surface area contributed by atoms with E-state index < -0.39 is 23.8 Å². The van der Waals surface area contributed by atoms with E-state index in [1.165, 1.54) is 11.3 Å². The number of aryl methyl sites for hydroxylation is 1. The van der Waals surface area contributed by atoms with E-state index in [1.807, 2.05) is 6.07 Å². The maximum Gasteiger partial charge on any atom is 0.328 e. The minimum Gasteiger partial charge on any atom is -0.508 e. The Morgan fingerprint density at radius 3 is 2.41 bits per heavy atom. The zero-order valence-corrected chi connectivity index (χ0v) is 19.8. The summed E-state index contributed by atoms with van der Waals surface area (Å²) < 4.78 is 0. The molecule has 0 fully saturated rings. The molecule has 0 spiro atoms. The summed E-state index contributed by atoms with van der Waals surface area (Å²) in [7, 11) is 0. The number of carbonyl (C=O) groups is 4. The molecule has 2 heterocycles. The maximum absolute atomic E-state index is 12.7. The van der Waals surface area contributed by atoms with Crippen LogP contribution in [0.5, 0.6) is 5.75 Å². The predicted molar refractivity (Wildman–Crippen MR) is 129 cm³/mol. The van der Waals surface area contributed by atoms with Crippen molar-refractivity contribution in [3.8, 4) is 5.75 Å². The molecular formula is C23H23N3O6S2. The molecule has 3 amide bonds. The molecule has 5 N–H and O–H groups in total. The highest BCUT2D eigenvalue weighted by molar-refractivity contribution is 7.16. The number of benzene rings is 1. The largest absolute Gasteiger partial charge is 0.508 e. The zero-order valence-electron chi connectivity index (χ0n) is 18.2. The monoisotopic (exact) mass is 501 g/mol. The zero-order chi connectivity index (χ0) is 24.7. The van der Waals surface area contributed by atoms with Crippen LogP contribution in [0.15, 0.2) is 47.8 Å². The van der Waals surface area contributed by atoms with Crippen molar-refractivity contribution in [3.05, 3.63) is 73.6 Å². The van der Waals surface area contributed by atoms with Gasteiger partial charge in [-0.25, -0.2) is 4.79 Å². The van der Waals surface area contributed by atoms with Gasteiger partial charge >= 0.3 is 5.97 Å². The summed E-state index contributed by atoms with van der Waals surface area (Å²) in [6, 6.07) is 10.3. The van der Waals surface area contributed by atoms with Crippen molar-refractivity contribution in [2.24, 2.45) is 0 Å². The molecule has 0 saturated heterocycles. The molecule has 0 aliphatic heterocycles. The molecule has 3 rings (SSSR count). The summed E-state index contributed by atoms with van der Waals surface area (Å²) in [5.41, 5.74) is 1.40. The van der Waals surface area contributed by atoms with Crippen LogP contribution < -0.4 is 16.0 Å². The van der Waals surface area contributed by atoms with Crippen LogP contribution in [0, 0.1) is 6.92 Å². The van der Waals surface area contributed by atoms with Gasteiger partial charge in [0.1, 0.15) is 11.8 Å². The number of phenols is 1. The molecule has 0 aliphatic rings. The number of thiophene rings is 2. The van der Waals surface area contributed by atoms with Crippen molar-refractivity contribution in [1.82, 2.24) is 16.0 Å². The average molecular weight is 502 g/mol. The van der Waals surface area contributed by atoms with E-state index in [4.69, 9.17) is 0 Å². The molecule has 9 nitrogen and oxygen atoms in total. The van der Waals surface area contributed by atoms with E-state index in [1.54, 1.807) is 48.7 Å². The highest BCUT2D eigenvalue weighted by Crippen LogP contribution is 2.22. The van der Waals surface area contributed by atoms with Gasteiger partial charge in [-0.2, -0.15) is 0 Å². The van der Waals surface area contributed by atoms with Crippen LogP contribution in [0.4, 0.5) is 0 Å². The molecule has 178 valence electrons. The number of aromatic hydroxyl groups is 1. The average Bonchev–Trinajstić information content (AvgIpc) is 3.46.